The second-order valence-electron chi connectivity index (χ2n) is 4.43. The summed E-state index contributed by atoms with van der Waals surface area (Å²) in [7, 11) is 0. The standard InChI is InChI=1S/C13H17ClN2O.ClH/c14-11-4-1-3-10(7-11)8-13(17)16-6-2-5-12(16)9-15;/h1,3-4,7,12H,2,5-6,8-9,15H2;1H. The van der Waals surface area contributed by atoms with Gasteiger partial charge in [-0.3, -0.25) is 4.79 Å². The molecular formula is C13H18Cl2N2O. The average Bonchev–Trinajstić information content (AvgIpc) is 2.77. The Morgan fingerprint density at radius 3 is 2.94 bits per heavy atom. The number of likely N-dealkylation sites (tertiary alicyclic amines) is 1. The molecule has 1 aliphatic rings. The summed E-state index contributed by atoms with van der Waals surface area (Å²) in [5, 5.41) is 0.673. The van der Waals surface area contributed by atoms with Crippen LogP contribution in [0.3, 0.4) is 0 Å². The van der Waals surface area contributed by atoms with E-state index in [4.69, 9.17) is 17.3 Å². The maximum atomic E-state index is 12.1. The molecule has 1 atom stereocenters. The number of halogens is 2. The van der Waals surface area contributed by atoms with Gasteiger partial charge in [0.15, 0.2) is 0 Å². The van der Waals surface area contributed by atoms with Crippen LogP contribution in [0.1, 0.15) is 18.4 Å². The molecule has 0 aromatic heterocycles. The molecular weight excluding hydrogens is 271 g/mol. The Morgan fingerprint density at radius 1 is 1.50 bits per heavy atom. The van der Waals surface area contributed by atoms with Gasteiger partial charge in [-0.05, 0) is 30.5 Å². The molecule has 0 aliphatic carbocycles. The summed E-state index contributed by atoms with van der Waals surface area (Å²) in [6.07, 6.45) is 2.50. The van der Waals surface area contributed by atoms with Crippen LogP contribution >= 0.6 is 24.0 Å². The highest BCUT2D eigenvalue weighted by atomic mass is 35.5. The van der Waals surface area contributed by atoms with Gasteiger partial charge in [0.1, 0.15) is 0 Å². The molecule has 2 N–H and O–H groups in total. The van der Waals surface area contributed by atoms with Gasteiger partial charge in [-0.15, -0.1) is 12.4 Å². The van der Waals surface area contributed by atoms with Crippen LogP contribution < -0.4 is 5.73 Å². The van der Waals surface area contributed by atoms with Crippen molar-refractivity contribution in [2.24, 2.45) is 5.73 Å². The maximum absolute atomic E-state index is 12.1. The molecule has 18 heavy (non-hydrogen) atoms. The third kappa shape index (κ3) is 3.61. The largest absolute Gasteiger partial charge is 0.338 e. The summed E-state index contributed by atoms with van der Waals surface area (Å²) in [6, 6.07) is 7.68. The molecule has 1 aliphatic heterocycles. The van der Waals surface area contributed by atoms with Crippen LogP contribution in [0.25, 0.3) is 0 Å². The van der Waals surface area contributed by atoms with Gasteiger partial charge < -0.3 is 10.6 Å². The molecule has 0 spiro atoms. The van der Waals surface area contributed by atoms with Gasteiger partial charge in [-0.1, -0.05) is 23.7 Å². The van der Waals surface area contributed by atoms with Gasteiger partial charge in [0, 0.05) is 24.2 Å². The van der Waals surface area contributed by atoms with E-state index in [-0.39, 0.29) is 24.4 Å². The number of carbonyl (C=O) groups excluding carboxylic acids is 1. The molecule has 0 saturated carbocycles. The van der Waals surface area contributed by atoms with Crippen LogP contribution in [0.4, 0.5) is 0 Å². The highest BCUT2D eigenvalue weighted by molar-refractivity contribution is 6.30. The lowest BCUT2D eigenvalue weighted by Crippen LogP contribution is -2.40. The lowest BCUT2D eigenvalue weighted by Gasteiger charge is -2.23. The van der Waals surface area contributed by atoms with Crippen molar-refractivity contribution in [2.75, 3.05) is 13.1 Å². The van der Waals surface area contributed by atoms with Crippen LogP contribution in [0.5, 0.6) is 0 Å². The Bertz CT molecular complexity index is 412. The van der Waals surface area contributed by atoms with E-state index in [0.717, 1.165) is 24.9 Å². The van der Waals surface area contributed by atoms with Crippen LogP contribution in [-0.2, 0) is 11.2 Å². The molecule has 1 aromatic carbocycles. The first-order valence-corrected chi connectivity index (χ1v) is 6.32. The molecule has 0 radical (unpaired) electrons. The van der Waals surface area contributed by atoms with E-state index in [1.807, 2.05) is 29.2 Å². The lowest BCUT2D eigenvalue weighted by molar-refractivity contribution is -0.131. The van der Waals surface area contributed by atoms with E-state index in [2.05, 4.69) is 0 Å². The summed E-state index contributed by atoms with van der Waals surface area (Å²) in [5.74, 6) is 0.153. The Hall–Kier alpha value is -0.770. The normalized spacial score (nSPS) is 18.6. The third-order valence-corrected chi connectivity index (χ3v) is 3.45. The monoisotopic (exact) mass is 288 g/mol. The summed E-state index contributed by atoms with van der Waals surface area (Å²) < 4.78 is 0. The SMILES string of the molecule is Cl.NCC1CCCN1C(=O)Cc1cccc(Cl)c1. The Balaban J connectivity index is 0.00000162. The fourth-order valence-corrected chi connectivity index (χ4v) is 2.55. The van der Waals surface area contributed by atoms with E-state index < -0.39 is 0 Å². The van der Waals surface area contributed by atoms with Crippen LogP contribution in [0, 0.1) is 0 Å². The van der Waals surface area contributed by atoms with Gasteiger partial charge in [0.25, 0.3) is 0 Å². The molecule has 100 valence electrons. The van der Waals surface area contributed by atoms with Crippen molar-refractivity contribution in [3.63, 3.8) is 0 Å². The number of rotatable bonds is 3. The Kier molecular flexibility index (Phi) is 5.93. The molecule has 1 saturated heterocycles. The van der Waals surface area contributed by atoms with Crippen molar-refractivity contribution in [3.05, 3.63) is 34.9 Å². The number of nitrogens with two attached hydrogens (primary N) is 1. The minimum atomic E-state index is 0. The number of benzene rings is 1. The smallest absolute Gasteiger partial charge is 0.227 e. The zero-order valence-electron chi connectivity index (χ0n) is 10.1. The van der Waals surface area contributed by atoms with Gasteiger partial charge in [-0.25, -0.2) is 0 Å². The zero-order valence-corrected chi connectivity index (χ0v) is 11.7. The minimum absolute atomic E-state index is 0. The quantitative estimate of drug-likeness (QED) is 0.927. The summed E-state index contributed by atoms with van der Waals surface area (Å²) >= 11 is 5.90. The van der Waals surface area contributed by atoms with E-state index >= 15 is 0 Å². The number of hydrogen-bond donors (Lipinski definition) is 1. The number of hydrogen-bond acceptors (Lipinski definition) is 2. The van der Waals surface area contributed by atoms with Crippen LogP contribution in [-0.4, -0.2) is 29.9 Å². The highest BCUT2D eigenvalue weighted by Crippen LogP contribution is 2.18. The van der Waals surface area contributed by atoms with E-state index in [0.29, 0.717) is 18.0 Å². The Labute approximate surface area is 119 Å². The topological polar surface area (TPSA) is 46.3 Å². The summed E-state index contributed by atoms with van der Waals surface area (Å²) in [5.41, 5.74) is 6.63. The van der Waals surface area contributed by atoms with Crippen molar-refractivity contribution in [1.29, 1.82) is 0 Å². The molecule has 1 amide bonds. The molecule has 1 unspecified atom stereocenters. The second kappa shape index (κ2) is 6.98. The van der Waals surface area contributed by atoms with E-state index in [9.17, 15) is 4.79 Å². The number of carbonyl (C=O) groups is 1. The fourth-order valence-electron chi connectivity index (χ4n) is 2.33. The molecule has 0 bridgehead atoms. The van der Waals surface area contributed by atoms with Crippen molar-refractivity contribution in [1.82, 2.24) is 4.90 Å². The fraction of sp³-hybridized carbons (Fsp3) is 0.462. The number of nitrogens with zero attached hydrogens (tertiary/aromatic N) is 1. The molecule has 2 rings (SSSR count). The first-order valence-electron chi connectivity index (χ1n) is 5.94. The molecule has 1 fully saturated rings. The van der Waals surface area contributed by atoms with Crippen molar-refractivity contribution < 1.29 is 4.79 Å². The summed E-state index contributed by atoms with van der Waals surface area (Å²) in [4.78, 5) is 14.0. The van der Waals surface area contributed by atoms with Gasteiger partial charge >= 0.3 is 0 Å². The maximum Gasteiger partial charge on any atom is 0.227 e. The molecule has 1 heterocycles. The van der Waals surface area contributed by atoms with Crippen LogP contribution in [0.15, 0.2) is 24.3 Å². The first kappa shape index (κ1) is 15.3. The van der Waals surface area contributed by atoms with Gasteiger partial charge in [0.05, 0.1) is 6.42 Å². The zero-order chi connectivity index (χ0) is 12.3. The number of amides is 1. The predicted molar refractivity (Wildman–Crippen MR) is 76.2 cm³/mol. The van der Waals surface area contributed by atoms with Crippen molar-refractivity contribution in [3.8, 4) is 0 Å². The van der Waals surface area contributed by atoms with Crippen molar-refractivity contribution in [2.45, 2.75) is 25.3 Å². The van der Waals surface area contributed by atoms with Crippen LogP contribution in [0.2, 0.25) is 5.02 Å². The third-order valence-electron chi connectivity index (χ3n) is 3.21. The Morgan fingerprint density at radius 2 is 2.28 bits per heavy atom. The minimum Gasteiger partial charge on any atom is -0.338 e. The summed E-state index contributed by atoms with van der Waals surface area (Å²) in [6.45, 7) is 1.39. The van der Waals surface area contributed by atoms with Gasteiger partial charge in [-0.2, -0.15) is 0 Å². The highest BCUT2D eigenvalue weighted by Gasteiger charge is 2.27. The van der Waals surface area contributed by atoms with Crippen molar-refractivity contribution >= 4 is 29.9 Å². The van der Waals surface area contributed by atoms with Gasteiger partial charge in [0.2, 0.25) is 5.91 Å². The lowest BCUT2D eigenvalue weighted by atomic mass is 10.1. The second-order valence-corrected chi connectivity index (χ2v) is 4.86. The van der Waals surface area contributed by atoms with E-state index in [1.54, 1.807) is 0 Å². The molecule has 1 aromatic rings. The van der Waals surface area contributed by atoms with E-state index in [1.165, 1.54) is 0 Å². The molecule has 3 nitrogen and oxygen atoms in total. The predicted octanol–water partition coefficient (Wildman–Crippen LogP) is 2.25. The average molecular weight is 289 g/mol. The first-order chi connectivity index (χ1) is 8.20. The molecule has 5 heteroatoms.